The smallest absolute Gasteiger partial charge is 0.354 e. The number of esters is 1. The number of halogens is 1. The second kappa shape index (κ2) is 7.98. The number of rotatable bonds is 5. The fourth-order valence-corrected chi connectivity index (χ4v) is 4.24. The number of nitrogens with zero attached hydrogens (tertiary/aromatic N) is 1. The standard InChI is InChI=1S/C20H14FN3O3S2/c1-27-19(26)14-8-12(9-22-14)15-10-28-20(23-15)24-18(25)17-7-6-16(29-17)11-2-4-13(21)5-3-11/h2-10,22H,1H3,(H,23,24,25). The quantitative estimate of drug-likeness (QED) is 0.437. The first kappa shape index (κ1) is 19.0. The summed E-state index contributed by atoms with van der Waals surface area (Å²) in [5, 5.41) is 5.02. The van der Waals surface area contributed by atoms with Crippen molar-refractivity contribution in [3.05, 3.63) is 70.4 Å². The lowest BCUT2D eigenvalue weighted by atomic mass is 10.2. The molecule has 0 atom stereocenters. The van der Waals surface area contributed by atoms with Crippen LogP contribution in [0, 0.1) is 5.82 Å². The number of benzene rings is 1. The molecule has 0 saturated carbocycles. The van der Waals surface area contributed by atoms with Crippen LogP contribution in [-0.2, 0) is 4.74 Å². The van der Waals surface area contributed by atoms with Gasteiger partial charge in [-0.3, -0.25) is 10.1 Å². The Morgan fingerprint density at radius 1 is 1.14 bits per heavy atom. The lowest BCUT2D eigenvalue weighted by molar-refractivity contribution is 0.0594. The van der Waals surface area contributed by atoms with E-state index in [1.165, 1.54) is 41.9 Å². The number of aromatic nitrogens is 2. The fourth-order valence-electron chi connectivity index (χ4n) is 2.62. The normalized spacial score (nSPS) is 10.7. The third kappa shape index (κ3) is 4.10. The van der Waals surface area contributed by atoms with E-state index in [1.54, 1.807) is 35.8 Å². The molecule has 4 aromatic rings. The second-order valence-electron chi connectivity index (χ2n) is 5.96. The summed E-state index contributed by atoms with van der Waals surface area (Å²) in [5.41, 5.74) is 2.53. The van der Waals surface area contributed by atoms with Gasteiger partial charge in [0, 0.05) is 22.0 Å². The van der Waals surface area contributed by atoms with Gasteiger partial charge in [0.2, 0.25) is 0 Å². The van der Waals surface area contributed by atoms with Crippen LogP contribution in [0.1, 0.15) is 20.2 Å². The number of hydrogen-bond donors (Lipinski definition) is 2. The molecule has 4 rings (SSSR count). The summed E-state index contributed by atoms with van der Waals surface area (Å²) in [5.74, 6) is -1.03. The summed E-state index contributed by atoms with van der Waals surface area (Å²) < 4.78 is 17.7. The van der Waals surface area contributed by atoms with Gasteiger partial charge in [0.15, 0.2) is 5.13 Å². The number of hydrogen-bond acceptors (Lipinski definition) is 6. The van der Waals surface area contributed by atoms with Gasteiger partial charge < -0.3 is 9.72 Å². The molecule has 3 heterocycles. The first-order chi connectivity index (χ1) is 14.0. The Morgan fingerprint density at radius 3 is 2.69 bits per heavy atom. The van der Waals surface area contributed by atoms with Crippen molar-refractivity contribution in [2.24, 2.45) is 0 Å². The summed E-state index contributed by atoms with van der Waals surface area (Å²) in [6.45, 7) is 0. The maximum Gasteiger partial charge on any atom is 0.354 e. The molecular formula is C20H14FN3O3S2. The molecule has 2 N–H and O–H groups in total. The molecule has 3 aromatic heterocycles. The molecule has 1 aromatic carbocycles. The van der Waals surface area contributed by atoms with Gasteiger partial charge in [-0.05, 0) is 35.9 Å². The van der Waals surface area contributed by atoms with Gasteiger partial charge in [0.1, 0.15) is 11.5 Å². The molecular weight excluding hydrogens is 413 g/mol. The van der Waals surface area contributed by atoms with Crippen molar-refractivity contribution in [2.45, 2.75) is 0 Å². The molecule has 146 valence electrons. The minimum Gasteiger partial charge on any atom is -0.464 e. The number of anilines is 1. The van der Waals surface area contributed by atoms with Gasteiger partial charge in [-0.25, -0.2) is 14.2 Å². The monoisotopic (exact) mass is 427 g/mol. The highest BCUT2D eigenvalue weighted by molar-refractivity contribution is 7.17. The lowest BCUT2D eigenvalue weighted by Crippen LogP contribution is -2.09. The van der Waals surface area contributed by atoms with Gasteiger partial charge in [-0.15, -0.1) is 22.7 Å². The minimum atomic E-state index is -0.463. The number of ether oxygens (including phenoxy) is 1. The van der Waals surface area contributed by atoms with Gasteiger partial charge in [-0.2, -0.15) is 0 Å². The highest BCUT2D eigenvalue weighted by Gasteiger charge is 2.15. The largest absolute Gasteiger partial charge is 0.464 e. The van der Waals surface area contributed by atoms with E-state index in [9.17, 15) is 14.0 Å². The van der Waals surface area contributed by atoms with E-state index in [0.29, 0.717) is 21.4 Å². The molecule has 1 amide bonds. The molecule has 0 unspecified atom stereocenters. The van der Waals surface area contributed by atoms with Crippen LogP contribution in [0.5, 0.6) is 0 Å². The SMILES string of the molecule is COC(=O)c1cc(-c2csc(NC(=O)c3ccc(-c4ccc(F)cc4)s3)n2)c[nH]1. The lowest BCUT2D eigenvalue weighted by Gasteiger charge is -1.99. The van der Waals surface area contributed by atoms with Crippen LogP contribution in [0.3, 0.4) is 0 Å². The average molecular weight is 427 g/mol. The molecule has 29 heavy (non-hydrogen) atoms. The molecule has 0 fully saturated rings. The van der Waals surface area contributed by atoms with Crippen LogP contribution in [0.4, 0.5) is 9.52 Å². The molecule has 0 bridgehead atoms. The summed E-state index contributed by atoms with van der Waals surface area (Å²) >= 11 is 2.60. The van der Waals surface area contributed by atoms with E-state index in [0.717, 1.165) is 16.0 Å². The highest BCUT2D eigenvalue weighted by atomic mass is 32.1. The first-order valence-electron chi connectivity index (χ1n) is 8.43. The Labute approximate surface area is 173 Å². The van der Waals surface area contributed by atoms with E-state index in [1.807, 2.05) is 6.07 Å². The van der Waals surface area contributed by atoms with Crippen LogP contribution >= 0.6 is 22.7 Å². The van der Waals surface area contributed by atoms with E-state index in [4.69, 9.17) is 0 Å². The Kier molecular flexibility index (Phi) is 5.24. The number of thiazole rings is 1. The number of nitrogens with one attached hydrogen (secondary N) is 2. The van der Waals surface area contributed by atoms with Crippen molar-refractivity contribution in [3.63, 3.8) is 0 Å². The molecule has 0 spiro atoms. The zero-order chi connectivity index (χ0) is 20.4. The minimum absolute atomic E-state index is 0.270. The highest BCUT2D eigenvalue weighted by Crippen LogP contribution is 2.30. The van der Waals surface area contributed by atoms with Crippen LogP contribution in [0.2, 0.25) is 0 Å². The molecule has 0 aliphatic rings. The van der Waals surface area contributed by atoms with Crippen molar-refractivity contribution in [1.82, 2.24) is 9.97 Å². The van der Waals surface area contributed by atoms with E-state index in [-0.39, 0.29) is 11.7 Å². The Bertz CT molecular complexity index is 1180. The molecule has 0 aliphatic heterocycles. The number of methoxy groups -OCH3 is 1. The Hall–Kier alpha value is -3.30. The van der Waals surface area contributed by atoms with Gasteiger partial charge >= 0.3 is 5.97 Å². The Balaban J connectivity index is 1.46. The van der Waals surface area contributed by atoms with Crippen LogP contribution in [0.15, 0.2) is 54.0 Å². The fraction of sp³-hybridized carbons (Fsp3) is 0.0500. The third-order valence-electron chi connectivity index (χ3n) is 4.07. The van der Waals surface area contributed by atoms with Crippen molar-refractivity contribution in [2.75, 3.05) is 12.4 Å². The summed E-state index contributed by atoms with van der Waals surface area (Å²) in [6.07, 6.45) is 1.65. The van der Waals surface area contributed by atoms with E-state index < -0.39 is 5.97 Å². The molecule has 0 aliphatic carbocycles. The van der Waals surface area contributed by atoms with Crippen molar-refractivity contribution in [1.29, 1.82) is 0 Å². The topological polar surface area (TPSA) is 84.1 Å². The first-order valence-corrected chi connectivity index (χ1v) is 10.1. The summed E-state index contributed by atoms with van der Waals surface area (Å²) in [7, 11) is 1.31. The average Bonchev–Trinajstić information content (AvgIpc) is 3.47. The van der Waals surface area contributed by atoms with Crippen LogP contribution < -0.4 is 5.32 Å². The Morgan fingerprint density at radius 2 is 1.93 bits per heavy atom. The second-order valence-corrected chi connectivity index (χ2v) is 7.90. The molecule has 6 nitrogen and oxygen atoms in total. The van der Waals surface area contributed by atoms with Crippen molar-refractivity contribution >= 4 is 39.7 Å². The maximum atomic E-state index is 13.1. The predicted octanol–water partition coefficient (Wildman–Crippen LogP) is 5.04. The van der Waals surface area contributed by atoms with E-state index >= 15 is 0 Å². The number of thiophene rings is 1. The number of carbonyl (C=O) groups is 2. The molecule has 0 radical (unpaired) electrons. The van der Waals surface area contributed by atoms with Gasteiger partial charge in [-0.1, -0.05) is 12.1 Å². The zero-order valence-electron chi connectivity index (χ0n) is 15.1. The maximum absolute atomic E-state index is 13.1. The van der Waals surface area contributed by atoms with Crippen LogP contribution in [0.25, 0.3) is 21.7 Å². The number of H-pyrrole nitrogens is 1. The third-order valence-corrected chi connectivity index (χ3v) is 5.96. The summed E-state index contributed by atoms with van der Waals surface area (Å²) in [6, 6.07) is 11.3. The predicted molar refractivity (Wildman–Crippen MR) is 111 cm³/mol. The number of aromatic amines is 1. The van der Waals surface area contributed by atoms with Crippen LogP contribution in [-0.4, -0.2) is 29.0 Å². The number of carbonyl (C=O) groups excluding carboxylic acids is 2. The van der Waals surface area contributed by atoms with Crippen molar-refractivity contribution < 1.29 is 18.7 Å². The zero-order valence-corrected chi connectivity index (χ0v) is 16.7. The molecule has 0 saturated heterocycles. The number of amides is 1. The van der Waals surface area contributed by atoms with Crippen molar-refractivity contribution in [3.8, 4) is 21.7 Å². The molecule has 9 heteroatoms. The van der Waals surface area contributed by atoms with E-state index in [2.05, 4.69) is 20.0 Å². The summed E-state index contributed by atoms with van der Waals surface area (Å²) in [4.78, 5) is 32.7. The van der Waals surface area contributed by atoms with Gasteiger partial charge in [0.25, 0.3) is 5.91 Å². The van der Waals surface area contributed by atoms with Gasteiger partial charge in [0.05, 0.1) is 17.7 Å².